The van der Waals surface area contributed by atoms with Crippen LogP contribution in [0.4, 0.5) is 0 Å². The summed E-state index contributed by atoms with van der Waals surface area (Å²) in [5, 5.41) is 3.04. The highest BCUT2D eigenvalue weighted by Crippen LogP contribution is 2.19. The van der Waals surface area contributed by atoms with E-state index < -0.39 is 10.0 Å². The number of hydrogen-bond acceptors (Lipinski definition) is 4. The van der Waals surface area contributed by atoms with E-state index in [2.05, 4.69) is 5.32 Å². The Bertz CT molecular complexity index is 518. The third kappa shape index (κ3) is 4.42. The van der Waals surface area contributed by atoms with Crippen LogP contribution in [0.2, 0.25) is 0 Å². The molecule has 8 heteroatoms. The van der Waals surface area contributed by atoms with E-state index in [-0.39, 0.29) is 23.8 Å². The highest BCUT2D eigenvalue weighted by molar-refractivity contribution is 7.88. The van der Waals surface area contributed by atoms with E-state index in [0.29, 0.717) is 51.9 Å². The summed E-state index contributed by atoms with van der Waals surface area (Å²) in [5.74, 6) is 0.0663. The number of nitrogens with one attached hydrogen (secondary N) is 1. The van der Waals surface area contributed by atoms with Crippen molar-refractivity contribution in [1.82, 2.24) is 14.5 Å². The highest BCUT2D eigenvalue weighted by Gasteiger charge is 2.30. The minimum atomic E-state index is -3.13. The minimum Gasteiger partial charge on any atom is -0.353 e. The fourth-order valence-corrected chi connectivity index (χ4v) is 3.98. The van der Waals surface area contributed by atoms with Gasteiger partial charge in [0.25, 0.3) is 0 Å². The molecule has 0 saturated carbocycles. The summed E-state index contributed by atoms with van der Waals surface area (Å²) in [6.45, 7) is 3.76. The molecule has 0 radical (unpaired) electrons. The zero-order chi connectivity index (χ0) is 16.3. The third-order valence-corrected chi connectivity index (χ3v) is 5.88. The predicted molar refractivity (Wildman–Crippen MR) is 82.6 cm³/mol. The van der Waals surface area contributed by atoms with Crippen LogP contribution in [0, 0.1) is 5.92 Å². The average Bonchev–Trinajstić information content (AvgIpc) is 2.47. The Morgan fingerprint density at radius 3 is 2.00 bits per heavy atom. The maximum Gasteiger partial charge on any atom is 0.223 e. The van der Waals surface area contributed by atoms with Crippen molar-refractivity contribution in [2.45, 2.75) is 38.6 Å². The van der Waals surface area contributed by atoms with Crippen molar-refractivity contribution < 1.29 is 18.0 Å². The molecule has 0 aromatic rings. The van der Waals surface area contributed by atoms with Crippen LogP contribution in [-0.2, 0) is 19.6 Å². The first kappa shape index (κ1) is 17.2. The number of rotatable bonds is 3. The number of sulfonamides is 1. The quantitative estimate of drug-likeness (QED) is 0.775. The summed E-state index contributed by atoms with van der Waals surface area (Å²) < 4.78 is 24.4. The van der Waals surface area contributed by atoms with E-state index in [0.717, 1.165) is 0 Å². The topological polar surface area (TPSA) is 86.8 Å². The molecule has 2 fully saturated rings. The summed E-state index contributed by atoms with van der Waals surface area (Å²) >= 11 is 0. The van der Waals surface area contributed by atoms with Gasteiger partial charge < -0.3 is 10.2 Å². The Balaban J connectivity index is 1.76. The second kappa shape index (κ2) is 6.95. The smallest absolute Gasteiger partial charge is 0.223 e. The molecular weight excluding hydrogens is 306 g/mol. The second-order valence-corrected chi connectivity index (χ2v) is 8.21. The van der Waals surface area contributed by atoms with Gasteiger partial charge in [0.15, 0.2) is 0 Å². The van der Waals surface area contributed by atoms with Gasteiger partial charge in [-0.15, -0.1) is 0 Å². The first-order valence-corrected chi connectivity index (χ1v) is 9.63. The molecule has 126 valence electrons. The Hall–Kier alpha value is -1.15. The van der Waals surface area contributed by atoms with Gasteiger partial charge in [0.1, 0.15) is 0 Å². The van der Waals surface area contributed by atoms with Crippen LogP contribution in [0.3, 0.4) is 0 Å². The Labute approximate surface area is 132 Å². The van der Waals surface area contributed by atoms with Crippen LogP contribution in [0.5, 0.6) is 0 Å². The van der Waals surface area contributed by atoms with Gasteiger partial charge in [-0.05, 0) is 25.7 Å². The molecule has 0 atom stereocenters. The van der Waals surface area contributed by atoms with Crippen LogP contribution in [-0.4, -0.2) is 67.9 Å². The second-order valence-electron chi connectivity index (χ2n) is 6.23. The Morgan fingerprint density at radius 1 is 1.00 bits per heavy atom. The minimum absolute atomic E-state index is 0.0384. The molecule has 0 spiro atoms. The standard InChI is InChI=1S/C14H25N3O4S/c1-11(18)16-7-3-12(4-8-16)14(19)15-13-5-9-17(10-6-13)22(2,20)21/h12-13H,3-10H2,1-2H3,(H,15,19). The summed E-state index contributed by atoms with van der Waals surface area (Å²) in [6, 6.07) is 0.0522. The van der Waals surface area contributed by atoms with E-state index >= 15 is 0 Å². The zero-order valence-corrected chi connectivity index (χ0v) is 14.1. The fourth-order valence-electron chi connectivity index (χ4n) is 3.11. The van der Waals surface area contributed by atoms with Gasteiger partial charge in [0.2, 0.25) is 21.8 Å². The van der Waals surface area contributed by atoms with Gasteiger partial charge in [-0.3, -0.25) is 9.59 Å². The summed E-state index contributed by atoms with van der Waals surface area (Å²) in [6.07, 6.45) is 3.94. The van der Waals surface area contributed by atoms with Crippen molar-refractivity contribution >= 4 is 21.8 Å². The molecule has 0 aliphatic carbocycles. The number of likely N-dealkylation sites (tertiary alicyclic amines) is 1. The SMILES string of the molecule is CC(=O)N1CCC(C(=O)NC2CCN(S(C)(=O)=O)CC2)CC1. The lowest BCUT2D eigenvalue weighted by molar-refractivity contribution is -0.134. The number of carbonyl (C=O) groups is 2. The lowest BCUT2D eigenvalue weighted by atomic mass is 9.95. The number of hydrogen-bond donors (Lipinski definition) is 1. The van der Waals surface area contributed by atoms with Gasteiger partial charge in [0, 0.05) is 45.1 Å². The summed E-state index contributed by atoms with van der Waals surface area (Å²) in [7, 11) is -3.13. The van der Waals surface area contributed by atoms with Gasteiger partial charge >= 0.3 is 0 Å². The first-order chi connectivity index (χ1) is 10.3. The van der Waals surface area contributed by atoms with Gasteiger partial charge in [-0.2, -0.15) is 0 Å². The lowest BCUT2D eigenvalue weighted by Crippen LogP contribution is -2.49. The van der Waals surface area contributed by atoms with Gasteiger partial charge in [-0.25, -0.2) is 12.7 Å². The Morgan fingerprint density at radius 2 is 1.55 bits per heavy atom. The molecule has 0 aromatic heterocycles. The molecule has 2 amide bonds. The number of carbonyl (C=O) groups excluding carboxylic acids is 2. The van der Waals surface area contributed by atoms with E-state index in [1.807, 2.05) is 0 Å². The van der Waals surface area contributed by atoms with Crippen molar-refractivity contribution in [2.75, 3.05) is 32.4 Å². The molecule has 2 heterocycles. The zero-order valence-electron chi connectivity index (χ0n) is 13.2. The van der Waals surface area contributed by atoms with Crippen molar-refractivity contribution in [3.8, 4) is 0 Å². The van der Waals surface area contributed by atoms with Crippen LogP contribution in [0.1, 0.15) is 32.6 Å². The van der Waals surface area contributed by atoms with Gasteiger partial charge in [0.05, 0.1) is 6.26 Å². The van der Waals surface area contributed by atoms with Crippen molar-refractivity contribution in [2.24, 2.45) is 5.92 Å². The predicted octanol–water partition coefficient (Wildman–Crippen LogP) is -0.215. The number of nitrogens with zero attached hydrogens (tertiary/aromatic N) is 2. The van der Waals surface area contributed by atoms with Crippen LogP contribution >= 0.6 is 0 Å². The summed E-state index contributed by atoms with van der Waals surface area (Å²) in [4.78, 5) is 25.3. The largest absolute Gasteiger partial charge is 0.353 e. The molecule has 2 rings (SSSR count). The van der Waals surface area contributed by atoms with Crippen molar-refractivity contribution in [1.29, 1.82) is 0 Å². The van der Waals surface area contributed by atoms with Crippen LogP contribution in [0.25, 0.3) is 0 Å². The maximum absolute atomic E-state index is 12.3. The summed E-state index contributed by atoms with van der Waals surface area (Å²) in [5.41, 5.74) is 0. The molecule has 0 bridgehead atoms. The molecule has 2 saturated heterocycles. The van der Waals surface area contributed by atoms with Gasteiger partial charge in [-0.1, -0.05) is 0 Å². The normalized spacial score (nSPS) is 22.5. The van der Waals surface area contributed by atoms with E-state index in [4.69, 9.17) is 0 Å². The fraction of sp³-hybridized carbons (Fsp3) is 0.857. The highest BCUT2D eigenvalue weighted by atomic mass is 32.2. The monoisotopic (exact) mass is 331 g/mol. The molecule has 2 aliphatic rings. The average molecular weight is 331 g/mol. The lowest BCUT2D eigenvalue weighted by Gasteiger charge is -2.34. The van der Waals surface area contributed by atoms with Crippen LogP contribution < -0.4 is 5.32 Å². The van der Waals surface area contributed by atoms with Crippen LogP contribution in [0.15, 0.2) is 0 Å². The van der Waals surface area contributed by atoms with Crippen molar-refractivity contribution in [3.63, 3.8) is 0 Å². The van der Waals surface area contributed by atoms with Crippen molar-refractivity contribution in [3.05, 3.63) is 0 Å². The third-order valence-electron chi connectivity index (χ3n) is 4.58. The molecule has 0 aromatic carbocycles. The molecular formula is C14H25N3O4S. The number of piperidine rings is 2. The van der Waals surface area contributed by atoms with E-state index in [1.165, 1.54) is 10.6 Å². The van der Waals surface area contributed by atoms with E-state index in [9.17, 15) is 18.0 Å². The molecule has 1 N–H and O–H groups in total. The maximum atomic E-state index is 12.3. The molecule has 22 heavy (non-hydrogen) atoms. The molecule has 7 nitrogen and oxygen atoms in total. The Kier molecular flexibility index (Phi) is 5.44. The molecule has 0 unspecified atom stereocenters. The number of amides is 2. The molecule has 2 aliphatic heterocycles. The van der Waals surface area contributed by atoms with E-state index in [1.54, 1.807) is 11.8 Å². The first-order valence-electron chi connectivity index (χ1n) is 7.78.